The molecule has 9 nitrogen and oxygen atoms in total. The molecule has 6 rings (SSSR count). The summed E-state index contributed by atoms with van der Waals surface area (Å²) >= 11 is 0. The van der Waals surface area contributed by atoms with Crippen LogP contribution in [-0.2, 0) is 4.74 Å². The molecule has 0 amide bonds. The van der Waals surface area contributed by atoms with E-state index in [-0.39, 0.29) is 12.2 Å². The maximum Gasteiger partial charge on any atom is 0.228 e. The lowest BCUT2D eigenvalue weighted by Crippen LogP contribution is -2.43. The Labute approximate surface area is 187 Å². The number of ether oxygens (including phenoxy) is 1. The van der Waals surface area contributed by atoms with Crippen molar-refractivity contribution in [3.63, 3.8) is 0 Å². The van der Waals surface area contributed by atoms with Crippen LogP contribution in [0.15, 0.2) is 18.7 Å². The zero-order chi connectivity index (χ0) is 21.7. The maximum atomic E-state index is 6.04. The number of morpholine rings is 1. The van der Waals surface area contributed by atoms with Gasteiger partial charge in [0.15, 0.2) is 5.65 Å². The topological polar surface area (TPSA) is 108 Å². The van der Waals surface area contributed by atoms with E-state index >= 15 is 0 Å². The van der Waals surface area contributed by atoms with E-state index in [0.717, 1.165) is 54.7 Å². The van der Waals surface area contributed by atoms with Crippen LogP contribution in [0.3, 0.4) is 0 Å². The number of hydrogen-bond donors (Lipinski definition) is 1. The average Bonchev–Trinajstić information content (AvgIpc) is 3.41. The van der Waals surface area contributed by atoms with Gasteiger partial charge in [-0.15, -0.1) is 0 Å². The highest BCUT2D eigenvalue weighted by Gasteiger charge is 2.35. The Morgan fingerprint density at radius 3 is 2.44 bits per heavy atom. The van der Waals surface area contributed by atoms with Crippen molar-refractivity contribution >= 4 is 22.9 Å². The molecule has 3 aliphatic rings. The van der Waals surface area contributed by atoms with Crippen LogP contribution in [0.5, 0.6) is 0 Å². The molecule has 3 aromatic rings. The minimum Gasteiger partial charge on any atom is -0.382 e. The number of rotatable bonds is 4. The first-order chi connectivity index (χ1) is 15.7. The second-order valence-corrected chi connectivity index (χ2v) is 9.47. The summed E-state index contributed by atoms with van der Waals surface area (Å²) < 4.78 is 8.31. The summed E-state index contributed by atoms with van der Waals surface area (Å²) in [7, 11) is 0. The first-order valence-corrected chi connectivity index (χ1v) is 11.9. The van der Waals surface area contributed by atoms with E-state index in [9.17, 15) is 0 Å². The number of nitrogens with zero attached hydrogens (tertiary/aromatic N) is 7. The molecule has 5 heterocycles. The highest BCUT2D eigenvalue weighted by atomic mass is 16.5. The van der Waals surface area contributed by atoms with Crippen molar-refractivity contribution in [3.05, 3.63) is 18.7 Å². The summed E-state index contributed by atoms with van der Waals surface area (Å²) in [6, 6.07) is 0.428. The quantitative estimate of drug-likeness (QED) is 0.666. The highest BCUT2D eigenvalue weighted by molar-refractivity contribution is 5.87. The van der Waals surface area contributed by atoms with Crippen LogP contribution in [-0.4, -0.2) is 54.8 Å². The van der Waals surface area contributed by atoms with Crippen molar-refractivity contribution in [2.45, 2.75) is 70.1 Å². The van der Waals surface area contributed by atoms with Gasteiger partial charge in [0.05, 0.1) is 30.9 Å². The molecule has 2 atom stereocenters. The fraction of sp³-hybridized carbons (Fsp3) is 0.609. The first kappa shape index (κ1) is 19.8. The molecule has 0 radical (unpaired) electrons. The van der Waals surface area contributed by atoms with Crippen molar-refractivity contribution < 1.29 is 4.74 Å². The van der Waals surface area contributed by atoms with Crippen molar-refractivity contribution in [1.29, 1.82) is 0 Å². The Morgan fingerprint density at radius 1 is 0.969 bits per heavy atom. The Hall–Kier alpha value is -2.81. The molecule has 3 fully saturated rings. The van der Waals surface area contributed by atoms with Crippen molar-refractivity contribution in [1.82, 2.24) is 29.5 Å². The Balaban J connectivity index is 1.44. The minimum atomic E-state index is 0.266. The van der Waals surface area contributed by atoms with Gasteiger partial charge in [-0.3, -0.25) is 0 Å². The molecule has 32 heavy (non-hydrogen) atoms. The molecule has 168 valence electrons. The van der Waals surface area contributed by atoms with Gasteiger partial charge in [0, 0.05) is 19.1 Å². The van der Waals surface area contributed by atoms with Crippen LogP contribution in [0.25, 0.3) is 22.6 Å². The van der Waals surface area contributed by atoms with Gasteiger partial charge >= 0.3 is 0 Å². The Morgan fingerprint density at radius 2 is 1.75 bits per heavy atom. The van der Waals surface area contributed by atoms with E-state index < -0.39 is 0 Å². The van der Waals surface area contributed by atoms with Gasteiger partial charge in [-0.05, 0) is 44.4 Å². The Bertz CT molecular complexity index is 1090. The molecule has 2 aliphatic heterocycles. The summed E-state index contributed by atoms with van der Waals surface area (Å²) in [6.07, 6.45) is 14.1. The third kappa shape index (κ3) is 3.48. The second kappa shape index (κ2) is 7.95. The van der Waals surface area contributed by atoms with Crippen molar-refractivity contribution in [3.8, 4) is 11.4 Å². The lowest BCUT2D eigenvalue weighted by Gasteiger charge is -2.32. The molecular formula is C23H30N8O. The van der Waals surface area contributed by atoms with Crippen LogP contribution in [0.2, 0.25) is 0 Å². The molecule has 1 aliphatic carbocycles. The lowest BCUT2D eigenvalue weighted by molar-refractivity contribution is 0.0299. The van der Waals surface area contributed by atoms with Gasteiger partial charge in [-0.1, -0.05) is 13.3 Å². The molecule has 3 aromatic heterocycles. The molecule has 0 spiro atoms. The Kier molecular flexibility index (Phi) is 4.93. The molecule has 2 bridgehead atoms. The van der Waals surface area contributed by atoms with Crippen LogP contribution >= 0.6 is 0 Å². The summed E-state index contributed by atoms with van der Waals surface area (Å²) in [4.78, 5) is 25.8. The molecule has 2 N–H and O–H groups in total. The number of aromatic nitrogens is 6. The number of hydrogen-bond acceptors (Lipinski definition) is 8. The van der Waals surface area contributed by atoms with E-state index in [4.69, 9.17) is 25.4 Å². The molecule has 9 heteroatoms. The lowest BCUT2D eigenvalue weighted by atomic mass is 9.84. The monoisotopic (exact) mass is 434 g/mol. The van der Waals surface area contributed by atoms with Crippen LogP contribution in [0.1, 0.15) is 57.9 Å². The molecule has 2 unspecified atom stereocenters. The predicted octanol–water partition coefficient (Wildman–Crippen LogP) is 3.37. The predicted molar refractivity (Wildman–Crippen MR) is 122 cm³/mol. The van der Waals surface area contributed by atoms with Gasteiger partial charge in [-0.25, -0.2) is 19.9 Å². The van der Waals surface area contributed by atoms with Crippen LogP contribution < -0.4 is 10.6 Å². The van der Waals surface area contributed by atoms with Crippen molar-refractivity contribution in [2.75, 3.05) is 23.7 Å². The summed E-state index contributed by atoms with van der Waals surface area (Å²) in [6.45, 7) is 3.95. The van der Waals surface area contributed by atoms with Crippen molar-refractivity contribution in [2.24, 2.45) is 5.92 Å². The number of imidazole rings is 1. The number of anilines is 2. The number of nitrogens with two attached hydrogens (primary N) is 1. The maximum absolute atomic E-state index is 6.04. The third-order valence-corrected chi connectivity index (χ3v) is 7.44. The number of fused-ring (bicyclic) bond motifs is 3. The normalized spacial score (nSPS) is 27.8. The van der Waals surface area contributed by atoms with Gasteiger partial charge in [0.25, 0.3) is 0 Å². The van der Waals surface area contributed by atoms with Gasteiger partial charge < -0.3 is 19.9 Å². The molecular weight excluding hydrogens is 404 g/mol. The van der Waals surface area contributed by atoms with E-state index in [2.05, 4.69) is 26.4 Å². The van der Waals surface area contributed by atoms with E-state index in [1.54, 1.807) is 12.4 Å². The SMILES string of the molecule is CCC1CCC(n2cnc3c(-c4cnc(N)cn4)nc(N4CC5CCC(C4)O5)nc32)CC1. The number of nitrogen functional groups attached to an aromatic ring is 1. The fourth-order valence-corrected chi connectivity index (χ4v) is 5.56. The fourth-order valence-electron chi connectivity index (χ4n) is 5.56. The van der Waals surface area contributed by atoms with E-state index in [1.807, 2.05) is 6.33 Å². The minimum absolute atomic E-state index is 0.266. The second-order valence-electron chi connectivity index (χ2n) is 9.47. The smallest absolute Gasteiger partial charge is 0.228 e. The zero-order valence-corrected chi connectivity index (χ0v) is 18.5. The van der Waals surface area contributed by atoms with Crippen LogP contribution in [0.4, 0.5) is 11.8 Å². The third-order valence-electron chi connectivity index (χ3n) is 7.44. The highest BCUT2D eigenvalue weighted by Crippen LogP contribution is 2.37. The zero-order valence-electron chi connectivity index (χ0n) is 18.5. The van der Waals surface area contributed by atoms with Gasteiger partial charge in [-0.2, -0.15) is 4.98 Å². The molecule has 2 saturated heterocycles. The largest absolute Gasteiger partial charge is 0.382 e. The van der Waals surface area contributed by atoms with Gasteiger partial charge in [0.2, 0.25) is 5.95 Å². The van der Waals surface area contributed by atoms with E-state index in [0.29, 0.717) is 17.6 Å². The summed E-state index contributed by atoms with van der Waals surface area (Å²) in [5, 5.41) is 0. The average molecular weight is 435 g/mol. The standard InChI is InChI=1S/C23H30N8O/c1-2-14-3-5-15(6-4-14)31-13-27-21-20(18-9-26-19(24)10-25-18)28-23(29-22(21)31)30-11-16-7-8-17(12-30)32-16/h9-10,13-17H,2-8,11-12H2,1H3,(H2,24,26). The van der Waals surface area contributed by atoms with Crippen LogP contribution in [0, 0.1) is 5.92 Å². The van der Waals surface area contributed by atoms with Gasteiger partial charge in [0.1, 0.15) is 22.7 Å². The summed E-state index contributed by atoms with van der Waals surface area (Å²) in [5.74, 6) is 1.97. The summed E-state index contributed by atoms with van der Waals surface area (Å²) in [5.41, 5.74) is 8.84. The first-order valence-electron chi connectivity index (χ1n) is 11.9. The molecule has 1 saturated carbocycles. The van der Waals surface area contributed by atoms with E-state index in [1.165, 1.54) is 32.1 Å². The molecule has 0 aromatic carbocycles.